The van der Waals surface area contributed by atoms with Crippen molar-refractivity contribution < 1.29 is 13.2 Å². The maximum atomic E-state index is 12.6. The molecule has 0 atom stereocenters. The summed E-state index contributed by atoms with van der Waals surface area (Å²) in [6.45, 7) is 0.468. The molecule has 0 aliphatic rings. The van der Waals surface area contributed by atoms with Crippen molar-refractivity contribution in [3.63, 3.8) is 0 Å². The third-order valence-electron chi connectivity index (χ3n) is 3.03. The molecule has 2 aromatic heterocycles. The normalized spacial score (nSPS) is 12.0. The minimum Gasteiger partial charge on any atom is -0.354 e. The molecule has 3 aromatic rings. The summed E-state index contributed by atoms with van der Waals surface area (Å²) in [7, 11) is 1.87. The Morgan fingerprint density at radius 1 is 1.33 bits per heavy atom. The van der Waals surface area contributed by atoms with Crippen LogP contribution in [-0.4, -0.2) is 14.5 Å². The van der Waals surface area contributed by atoms with Gasteiger partial charge in [-0.05, 0) is 18.2 Å². The van der Waals surface area contributed by atoms with Gasteiger partial charge in [-0.2, -0.15) is 13.2 Å². The molecule has 3 rings (SSSR count). The molecular formula is C13H11F3N4S. The molecule has 0 aliphatic carbocycles. The highest BCUT2D eigenvalue weighted by Crippen LogP contribution is 2.34. The Bertz CT molecular complexity index is 775. The molecule has 0 unspecified atom stereocenters. The fraction of sp³-hybridized carbons (Fsp3) is 0.231. The molecule has 0 amide bonds. The lowest BCUT2D eigenvalue weighted by Crippen LogP contribution is -2.05. The predicted octanol–water partition coefficient (Wildman–Crippen LogP) is 3.66. The highest BCUT2D eigenvalue weighted by atomic mass is 32.1. The quantitative estimate of drug-likeness (QED) is 0.802. The Morgan fingerprint density at radius 2 is 2.14 bits per heavy atom. The van der Waals surface area contributed by atoms with Gasteiger partial charge >= 0.3 is 6.18 Å². The van der Waals surface area contributed by atoms with E-state index in [1.165, 1.54) is 17.4 Å². The maximum Gasteiger partial charge on any atom is 0.416 e. The van der Waals surface area contributed by atoms with E-state index in [4.69, 9.17) is 0 Å². The standard InChI is InChI=1S/C13H11F3N4S/c1-20-5-4-17-11(20)7-18-12-19-9-6-8(13(14,15)16)2-3-10(9)21-12/h2-6H,7H2,1H3,(H,18,19). The molecule has 21 heavy (non-hydrogen) atoms. The Kier molecular flexibility index (Phi) is 3.32. The number of aromatic nitrogens is 3. The number of alkyl halides is 3. The third kappa shape index (κ3) is 2.85. The lowest BCUT2D eigenvalue weighted by Gasteiger charge is -2.04. The van der Waals surface area contributed by atoms with Crippen molar-refractivity contribution in [2.24, 2.45) is 7.05 Å². The molecule has 1 aromatic carbocycles. The van der Waals surface area contributed by atoms with E-state index < -0.39 is 11.7 Å². The Hall–Kier alpha value is -2.09. The van der Waals surface area contributed by atoms with Crippen LogP contribution in [0.5, 0.6) is 0 Å². The van der Waals surface area contributed by atoms with Crippen LogP contribution in [0.4, 0.5) is 18.3 Å². The number of rotatable bonds is 3. The van der Waals surface area contributed by atoms with Crippen molar-refractivity contribution in [1.82, 2.24) is 14.5 Å². The van der Waals surface area contributed by atoms with E-state index in [0.717, 1.165) is 18.0 Å². The first kappa shape index (κ1) is 13.9. The van der Waals surface area contributed by atoms with E-state index in [1.807, 2.05) is 17.8 Å². The van der Waals surface area contributed by atoms with Crippen molar-refractivity contribution in [3.8, 4) is 0 Å². The minimum absolute atomic E-state index is 0.345. The number of thiazole rings is 1. The number of hydrogen-bond donors (Lipinski definition) is 1. The van der Waals surface area contributed by atoms with Crippen molar-refractivity contribution in [1.29, 1.82) is 0 Å². The fourth-order valence-corrected chi connectivity index (χ4v) is 2.74. The molecule has 0 bridgehead atoms. The number of halogens is 3. The van der Waals surface area contributed by atoms with E-state index >= 15 is 0 Å². The number of aryl methyl sites for hydroxylation is 1. The van der Waals surface area contributed by atoms with Gasteiger partial charge in [0.1, 0.15) is 5.82 Å². The van der Waals surface area contributed by atoms with Crippen molar-refractivity contribution in [2.45, 2.75) is 12.7 Å². The van der Waals surface area contributed by atoms with Crippen LogP contribution in [0.15, 0.2) is 30.6 Å². The van der Waals surface area contributed by atoms with E-state index in [0.29, 0.717) is 21.9 Å². The highest BCUT2D eigenvalue weighted by molar-refractivity contribution is 7.22. The van der Waals surface area contributed by atoms with E-state index in [1.54, 1.807) is 6.20 Å². The topological polar surface area (TPSA) is 42.7 Å². The summed E-state index contributed by atoms with van der Waals surface area (Å²) in [4.78, 5) is 8.35. The van der Waals surface area contributed by atoms with Crippen LogP contribution < -0.4 is 5.32 Å². The number of fused-ring (bicyclic) bond motifs is 1. The van der Waals surface area contributed by atoms with Gasteiger partial charge in [-0.25, -0.2) is 9.97 Å². The molecule has 0 saturated heterocycles. The van der Waals surface area contributed by atoms with Crippen LogP contribution in [0.2, 0.25) is 0 Å². The second-order valence-corrected chi connectivity index (χ2v) is 5.54. The Morgan fingerprint density at radius 3 is 2.81 bits per heavy atom. The van der Waals surface area contributed by atoms with Crippen molar-refractivity contribution in [3.05, 3.63) is 42.0 Å². The molecule has 0 fully saturated rings. The van der Waals surface area contributed by atoms with Gasteiger partial charge in [0.05, 0.1) is 22.3 Å². The fourth-order valence-electron chi connectivity index (χ4n) is 1.90. The summed E-state index contributed by atoms with van der Waals surface area (Å²) >= 11 is 1.32. The van der Waals surface area contributed by atoms with Gasteiger partial charge in [-0.3, -0.25) is 0 Å². The average molecular weight is 312 g/mol. The number of benzene rings is 1. The summed E-state index contributed by atoms with van der Waals surface area (Å²) in [6, 6.07) is 3.59. The lowest BCUT2D eigenvalue weighted by atomic mass is 10.2. The van der Waals surface area contributed by atoms with Gasteiger partial charge in [0.15, 0.2) is 5.13 Å². The molecule has 2 heterocycles. The molecular weight excluding hydrogens is 301 g/mol. The summed E-state index contributed by atoms with van der Waals surface area (Å²) in [5.41, 5.74) is -0.340. The molecule has 0 radical (unpaired) electrons. The smallest absolute Gasteiger partial charge is 0.354 e. The van der Waals surface area contributed by atoms with Gasteiger partial charge < -0.3 is 9.88 Å². The maximum absolute atomic E-state index is 12.6. The number of nitrogens with one attached hydrogen (secondary N) is 1. The van der Waals surface area contributed by atoms with Crippen molar-refractivity contribution >= 4 is 26.7 Å². The van der Waals surface area contributed by atoms with Crippen LogP contribution in [0, 0.1) is 0 Å². The van der Waals surface area contributed by atoms with Gasteiger partial charge in [-0.15, -0.1) is 0 Å². The number of imidazole rings is 1. The zero-order valence-corrected chi connectivity index (χ0v) is 11.8. The monoisotopic (exact) mass is 312 g/mol. The summed E-state index contributed by atoms with van der Waals surface area (Å²) in [6.07, 6.45) is -0.839. The second-order valence-electron chi connectivity index (χ2n) is 4.51. The molecule has 4 nitrogen and oxygen atoms in total. The van der Waals surface area contributed by atoms with E-state index in [9.17, 15) is 13.2 Å². The van der Waals surface area contributed by atoms with Gasteiger partial charge in [0, 0.05) is 19.4 Å². The van der Waals surface area contributed by atoms with E-state index in [2.05, 4.69) is 15.3 Å². The summed E-state index contributed by atoms with van der Waals surface area (Å²) in [5, 5.41) is 3.65. The molecule has 110 valence electrons. The molecule has 1 N–H and O–H groups in total. The molecule has 0 saturated carbocycles. The largest absolute Gasteiger partial charge is 0.416 e. The predicted molar refractivity (Wildman–Crippen MR) is 75.2 cm³/mol. The summed E-state index contributed by atoms with van der Waals surface area (Å²) in [5.74, 6) is 0.824. The minimum atomic E-state index is -4.35. The first-order chi connectivity index (χ1) is 9.93. The van der Waals surface area contributed by atoms with Gasteiger partial charge in [0.25, 0.3) is 0 Å². The van der Waals surface area contributed by atoms with Crippen LogP contribution in [0.1, 0.15) is 11.4 Å². The Labute approximate surface area is 122 Å². The molecule has 8 heteroatoms. The van der Waals surface area contributed by atoms with Crippen molar-refractivity contribution in [2.75, 3.05) is 5.32 Å². The van der Waals surface area contributed by atoms with E-state index in [-0.39, 0.29) is 0 Å². The lowest BCUT2D eigenvalue weighted by molar-refractivity contribution is -0.137. The first-order valence-electron chi connectivity index (χ1n) is 6.11. The Balaban J connectivity index is 1.82. The van der Waals surface area contributed by atoms with Crippen LogP contribution >= 0.6 is 11.3 Å². The molecule has 0 spiro atoms. The molecule has 0 aliphatic heterocycles. The summed E-state index contributed by atoms with van der Waals surface area (Å²) < 4.78 is 40.5. The SMILES string of the molecule is Cn1ccnc1CNc1nc2cc(C(F)(F)F)ccc2s1. The highest BCUT2D eigenvalue weighted by Gasteiger charge is 2.30. The third-order valence-corrected chi connectivity index (χ3v) is 4.03. The van der Waals surface area contributed by atoms with Gasteiger partial charge in [0.2, 0.25) is 0 Å². The second kappa shape index (κ2) is 5.03. The van der Waals surface area contributed by atoms with Crippen LogP contribution in [0.3, 0.4) is 0 Å². The first-order valence-corrected chi connectivity index (χ1v) is 6.93. The zero-order valence-electron chi connectivity index (χ0n) is 11.0. The number of hydrogen-bond acceptors (Lipinski definition) is 4. The number of nitrogens with zero attached hydrogens (tertiary/aromatic N) is 3. The van der Waals surface area contributed by atoms with Crippen LogP contribution in [-0.2, 0) is 19.8 Å². The zero-order chi connectivity index (χ0) is 15.0. The van der Waals surface area contributed by atoms with Crippen LogP contribution in [0.25, 0.3) is 10.2 Å². The van der Waals surface area contributed by atoms with Gasteiger partial charge in [-0.1, -0.05) is 11.3 Å². The average Bonchev–Trinajstić information content (AvgIpc) is 2.99. The number of anilines is 1.